The fraction of sp³-hybridized carbons (Fsp3) is 0.125. The number of carbonyl (C=O) groups is 1. The van der Waals surface area contributed by atoms with E-state index >= 15 is 0 Å². The molecule has 0 aliphatic carbocycles. The van der Waals surface area contributed by atoms with Crippen molar-refractivity contribution < 1.29 is 13.2 Å². The molecule has 0 fully saturated rings. The monoisotopic (exact) mass is 218 g/mol. The lowest BCUT2D eigenvalue weighted by Gasteiger charge is -1.98. The molecule has 0 amide bonds. The molecular formula is C8H7ClO3S. The highest BCUT2D eigenvalue weighted by atomic mass is 35.5. The lowest BCUT2D eigenvalue weighted by atomic mass is 10.2. The molecular weight excluding hydrogens is 212 g/mol. The van der Waals surface area contributed by atoms with E-state index in [4.69, 9.17) is 11.6 Å². The Labute approximate surface area is 81.3 Å². The predicted octanol–water partition coefficient (Wildman–Crippen LogP) is 1.47. The zero-order valence-electron chi connectivity index (χ0n) is 6.82. The van der Waals surface area contributed by atoms with Gasteiger partial charge in [-0.15, -0.1) is 0 Å². The second-order valence-corrected chi connectivity index (χ2v) is 4.93. The first-order valence-corrected chi connectivity index (χ1v) is 5.68. The summed E-state index contributed by atoms with van der Waals surface area (Å²) in [5.41, 5.74) is 0.185. The molecule has 0 saturated heterocycles. The van der Waals surface area contributed by atoms with Crippen LogP contribution >= 0.6 is 11.6 Å². The van der Waals surface area contributed by atoms with Crippen molar-refractivity contribution in [2.75, 3.05) is 6.26 Å². The smallest absolute Gasteiger partial charge is 0.252 e. The van der Waals surface area contributed by atoms with E-state index < -0.39 is 15.1 Å². The van der Waals surface area contributed by atoms with Crippen molar-refractivity contribution in [1.29, 1.82) is 0 Å². The van der Waals surface area contributed by atoms with E-state index in [0.717, 1.165) is 6.26 Å². The van der Waals surface area contributed by atoms with Crippen LogP contribution in [0.4, 0.5) is 0 Å². The van der Waals surface area contributed by atoms with Crippen LogP contribution in [0.2, 0.25) is 0 Å². The third-order valence-electron chi connectivity index (χ3n) is 1.49. The maximum atomic E-state index is 11.1. The van der Waals surface area contributed by atoms with Crippen LogP contribution in [0.15, 0.2) is 29.2 Å². The van der Waals surface area contributed by atoms with Gasteiger partial charge in [-0.25, -0.2) is 8.42 Å². The molecule has 5 heteroatoms. The fourth-order valence-corrected chi connectivity index (χ4v) is 1.63. The maximum absolute atomic E-state index is 11.1. The molecule has 0 atom stereocenters. The number of carbonyl (C=O) groups excluding carboxylic acids is 1. The molecule has 0 radical (unpaired) electrons. The Balaban J connectivity index is 3.29. The molecule has 0 aliphatic rings. The topological polar surface area (TPSA) is 51.2 Å². The van der Waals surface area contributed by atoms with Gasteiger partial charge in [0.15, 0.2) is 9.84 Å². The minimum absolute atomic E-state index is 0.0963. The van der Waals surface area contributed by atoms with Gasteiger partial charge in [0.2, 0.25) is 0 Å². The van der Waals surface area contributed by atoms with Gasteiger partial charge in [-0.3, -0.25) is 4.79 Å². The fourth-order valence-electron chi connectivity index (χ4n) is 0.849. The first-order valence-electron chi connectivity index (χ1n) is 3.41. The van der Waals surface area contributed by atoms with Crippen molar-refractivity contribution in [3.63, 3.8) is 0 Å². The predicted molar refractivity (Wildman–Crippen MR) is 49.7 cm³/mol. The van der Waals surface area contributed by atoms with Gasteiger partial charge in [0, 0.05) is 11.8 Å². The van der Waals surface area contributed by atoms with Crippen molar-refractivity contribution in [1.82, 2.24) is 0 Å². The summed E-state index contributed by atoms with van der Waals surface area (Å²) in [6.07, 6.45) is 1.07. The number of rotatable bonds is 2. The Morgan fingerprint density at radius 1 is 1.38 bits per heavy atom. The van der Waals surface area contributed by atoms with Crippen LogP contribution in [-0.2, 0) is 9.84 Å². The third kappa shape index (κ3) is 2.54. The van der Waals surface area contributed by atoms with Crippen LogP contribution < -0.4 is 0 Å². The number of sulfone groups is 1. The van der Waals surface area contributed by atoms with Crippen molar-refractivity contribution in [3.8, 4) is 0 Å². The first-order chi connectivity index (χ1) is 5.91. The molecule has 1 aromatic carbocycles. The molecule has 3 nitrogen and oxygen atoms in total. The molecule has 0 aliphatic heterocycles. The van der Waals surface area contributed by atoms with Gasteiger partial charge in [0.1, 0.15) is 0 Å². The first kappa shape index (κ1) is 10.2. The van der Waals surface area contributed by atoms with Gasteiger partial charge in [-0.2, -0.15) is 0 Å². The molecule has 1 aromatic rings. The van der Waals surface area contributed by atoms with Crippen LogP contribution in [0.5, 0.6) is 0 Å². The Hall–Kier alpha value is -0.870. The molecule has 0 N–H and O–H groups in total. The zero-order chi connectivity index (χ0) is 10.1. The zero-order valence-corrected chi connectivity index (χ0v) is 8.39. The van der Waals surface area contributed by atoms with Gasteiger partial charge in [-0.1, -0.05) is 12.1 Å². The molecule has 0 heterocycles. The summed E-state index contributed by atoms with van der Waals surface area (Å²) in [5, 5.41) is -0.662. The maximum Gasteiger partial charge on any atom is 0.252 e. The van der Waals surface area contributed by atoms with E-state index in [1.54, 1.807) is 0 Å². The summed E-state index contributed by atoms with van der Waals surface area (Å²) >= 11 is 5.19. The highest BCUT2D eigenvalue weighted by Gasteiger charge is 2.09. The Kier molecular flexibility index (Phi) is 2.73. The summed E-state index contributed by atoms with van der Waals surface area (Å²) in [5.74, 6) is 0. The molecule has 0 unspecified atom stereocenters. The van der Waals surface area contributed by atoms with Crippen molar-refractivity contribution in [2.24, 2.45) is 0 Å². The number of benzene rings is 1. The molecule has 13 heavy (non-hydrogen) atoms. The van der Waals surface area contributed by atoms with E-state index in [1.165, 1.54) is 24.3 Å². The lowest BCUT2D eigenvalue weighted by molar-refractivity contribution is 0.108. The molecule has 0 aromatic heterocycles. The van der Waals surface area contributed by atoms with Crippen molar-refractivity contribution >= 4 is 26.7 Å². The summed E-state index contributed by atoms with van der Waals surface area (Å²) in [6.45, 7) is 0. The van der Waals surface area contributed by atoms with Gasteiger partial charge in [-0.05, 0) is 23.7 Å². The van der Waals surface area contributed by atoms with E-state index in [2.05, 4.69) is 0 Å². The second kappa shape index (κ2) is 3.47. The third-order valence-corrected chi connectivity index (χ3v) is 2.82. The lowest BCUT2D eigenvalue weighted by Crippen LogP contribution is -1.98. The average Bonchev–Trinajstić information content (AvgIpc) is 2.03. The minimum Gasteiger partial charge on any atom is -0.276 e. The average molecular weight is 219 g/mol. The normalized spacial score (nSPS) is 11.2. The summed E-state index contributed by atoms with van der Waals surface area (Å²) in [7, 11) is -3.27. The highest BCUT2D eigenvalue weighted by molar-refractivity contribution is 7.90. The van der Waals surface area contributed by atoms with Gasteiger partial charge in [0.05, 0.1) is 4.90 Å². The number of hydrogen-bond acceptors (Lipinski definition) is 3. The van der Waals surface area contributed by atoms with Crippen LogP contribution in [0, 0.1) is 0 Å². The number of halogens is 1. The van der Waals surface area contributed by atoms with E-state index in [0.29, 0.717) is 0 Å². The summed E-state index contributed by atoms with van der Waals surface area (Å²) in [6, 6.07) is 5.61. The standard InChI is InChI=1S/C8H7ClO3S/c1-13(11,12)7-4-2-3-6(5-7)8(9)10/h2-5H,1H3. The Bertz CT molecular complexity index is 436. The van der Waals surface area contributed by atoms with E-state index in [1.807, 2.05) is 0 Å². The molecule has 70 valence electrons. The van der Waals surface area contributed by atoms with Gasteiger partial charge >= 0.3 is 0 Å². The molecule has 0 bridgehead atoms. The summed E-state index contributed by atoms with van der Waals surface area (Å²) in [4.78, 5) is 10.8. The number of hydrogen-bond donors (Lipinski definition) is 0. The van der Waals surface area contributed by atoms with E-state index in [-0.39, 0.29) is 10.5 Å². The molecule has 0 saturated carbocycles. The Morgan fingerprint density at radius 3 is 2.46 bits per heavy atom. The molecule has 0 spiro atoms. The minimum atomic E-state index is -3.27. The van der Waals surface area contributed by atoms with Crippen LogP contribution in [0.1, 0.15) is 10.4 Å². The summed E-state index contributed by atoms with van der Waals surface area (Å²) < 4.78 is 22.1. The van der Waals surface area contributed by atoms with Crippen molar-refractivity contribution in [2.45, 2.75) is 4.90 Å². The van der Waals surface area contributed by atoms with Crippen LogP contribution in [0.3, 0.4) is 0 Å². The van der Waals surface area contributed by atoms with Crippen LogP contribution in [-0.4, -0.2) is 19.9 Å². The highest BCUT2D eigenvalue weighted by Crippen LogP contribution is 2.12. The van der Waals surface area contributed by atoms with Gasteiger partial charge in [0.25, 0.3) is 5.24 Å². The largest absolute Gasteiger partial charge is 0.276 e. The van der Waals surface area contributed by atoms with Crippen LogP contribution in [0.25, 0.3) is 0 Å². The SMILES string of the molecule is CS(=O)(=O)c1cccc(C(=O)Cl)c1. The second-order valence-electron chi connectivity index (χ2n) is 2.57. The van der Waals surface area contributed by atoms with Gasteiger partial charge < -0.3 is 0 Å². The van der Waals surface area contributed by atoms with Crippen molar-refractivity contribution in [3.05, 3.63) is 29.8 Å². The quantitative estimate of drug-likeness (QED) is 0.707. The Morgan fingerprint density at radius 2 is 2.00 bits per heavy atom. The van der Waals surface area contributed by atoms with E-state index in [9.17, 15) is 13.2 Å². The molecule has 1 rings (SSSR count).